The second kappa shape index (κ2) is 4.47. The highest BCUT2D eigenvalue weighted by Crippen LogP contribution is 2.23. The Bertz CT molecular complexity index is 406. The van der Waals surface area contributed by atoms with Crippen LogP contribution in [-0.4, -0.2) is 29.9 Å². The van der Waals surface area contributed by atoms with Crippen LogP contribution in [0, 0.1) is 5.92 Å². The van der Waals surface area contributed by atoms with E-state index in [1.54, 1.807) is 0 Å². The Morgan fingerprint density at radius 1 is 1.24 bits per heavy atom. The molecule has 1 aromatic carbocycles. The molecule has 4 nitrogen and oxygen atoms in total. The molecule has 0 aromatic heterocycles. The number of amides is 1. The summed E-state index contributed by atoms with van der Waals surface area (Å²) in [7, 11) is 0. The number of benzene rings is 1. The van der Waals surface area contributed by atoms with Crippen LogP contribution in [0.1, 0.15) is 12.0 Å². The average Bonchev–Trinajstić information content (AvgIpc) is 2.71. The van der Waals surface area contributed by atoms with Crippen molar-refractivity contribution in [2.75, 3.05) is 13.1 Å². The van der Waals surface area contributed by atoms with Gasteiger partial charge in [0, 0.05) is 32.1 Å². The van der Waals surface area contributed by atoms with Gasteiger partial charge < -0.3 is 0 Å². The van der Waals surface area contributed by atoms with E-state index in [9.17, 15) is 4.79 Å². The SMILES string of the molecule is O=C1CC2CN(Cc3ccccc3)CC2NN1. The predicted molar refractivity (Wildman–Crippen MR) is 64.9 cm³/mol. The standard InChI is InChI=1S/C13H17N3O/c17-13-6-11-8-16(9-12(11)14-15-13)7-10-4-2-1-3-5-10/h1-5,11-12,14H,6-9H2,(H,15,17). The van der Waals surface area contributed by atoms with Crippen LogP contribution in [-0.2, 0) is 11.3 Å². The van der Waals surface area contributed by atoms with E-state index in [1.807, 2.05) is 6.07 Å². The summed E-state index contributed by atoms with van der Waals surface area (Å²) in [6.45, 7) is 3.00. The number of fused-ring (bicyclic) bond motifs is 1. The largest absolute Gasteiger partial charge is 0.297 e. The summed E-state index contributed by atoms with van der Waals surface area (Å²) in [4.78, 5) is 13.7. The lowest BCUT2D eigenvalue weighted by Crippen LogP contribution is -2.53. The lowest BCUT2D eigenvalue weighted by atomic mass is 9.98. The second-order valence-corrected chi connectivity index (χ2v) is 4.94. The zero-order chi connectivity index (χ0) is 11.7. The maximum Gasteiger partial charge on any atom is 0.234 e. The molecule has 2 aliphatic heterocycles. The maximum atomic E-state index is 11.3. The van der Waals surface area contributed by atoms with Gasteiger partial charge in [-0.15, -0.1) is 0 Å². The molecule has 2 heterocycles. The summed E-state index contributed by atoms with van der Waals surface area (Å²) in [6, 6.07) is 10.9. The molecule has 17 heavy (non-hydrogen) atoms. The minimum atomic E-state index is 0.118. The van der Waals surface area contributed by atoms with Crippen LogP contribution >= 0.6 is 0 Å². The van der Waals surface area contributed by atoms with Crippen LogP contribution in [0.25, 0.3) is 0 Å². The summed E-state index contributed by atoms with van der Waals surface area (Å²) in [5, 5.41) is 0. The quantitative estimate of drug-likeness (QED) is 0.779. The zero-order valence-corrected chi connectivity index (χ0v) is 9.73. The highest BCUT2D eigenvalue weighted by atomic mass is 16.2. The molecule has 0 spiro atoms. The van der Waals surface area contributed by atoms with E-state index in [2.05, 4.69) is 40.0 Å². The van der Waals surface area contributed by atoms with Gasteiger partial charge in [-0.3, -0.25) is 15.1 Å². The van der Waals surface area contributed by atoms with Crippen molar-refractivity contribution in [2.24, 2.45) is 5.92 Å². The summed E-state index contributed by atoms with van der Waals surface area (Å²) in [5.41, 5.74) is 7.17. The van der Waals surface area contributed by atoms with E-state index in [-0.39, 0.29) is 5.91 Å². The summed E-state index contributed by atoms with van der Waals surface area (Å²) >= 11 is 0. The monoisotopic (exact) mass is 231 g/mol. The van der Waals surface area contributed by atoms with Crippen LogP contribution in [0.2, 0.25) is 0 Å². The first-order valence-corrected chi connectivity index (χ1v) is 6.12. The van der Waals surface area contributed by atoms with Gasteiger partial charge in [-0.1, -0.05) is 30.3 Å². The van der Waals surface area contributed by atoms with Crippen molar-refractivity contribution in [1.29, 1.82) is 0 Å². The molecule has 2 saturated heterocycles. The molecule has 2 N–H and O–H groups in total. The number of carbonyl (C=O) groups is 1. The molecule has 4 heteroatoms. The Hall–Kier alpha value is -1.39. The first kappa shape index (κ1) is 10.7. The van der Waals surface area contributed by atoms with E-state index < -0.39 is 0 Å². The van der Waals surface area contributed by atoms with Crippen molar-refractivity contribution in [1.82, 2.24) is 15.8 Å². The maximum absolute atomic E-state index is 11.3. The predicted octanol–water partition coefficient (Wildman–Crippen LogP) is 0.512. The average molecular weight is 231 g/mol. The van der Waals surface area contributed by atoms with Crippen molar-refractivity contribution in [3.05, 3.63) is 35.9 Å². The third-order valence-corrected chi connectivity index (χ3v) is 3.61. The topological polar surface area (TPSA) is 44.4 Å². The fourth-order valence-corrected chi connectivity index (χ4v) is 2.76. The number of nitrogens with zero attached hydrogens (tertiary/aromatic N) is 1. The summed E-state index contributed by atoms with van der Waals surface area (Å²) in [6.07, 6.45) is 0.656. The van der Waals surface area contributed by atoms with E-state index in [0.29, 0.717) is 18.4 Å². The van der Waals surface area contributed by atoms with Crippen molar-refractivity contribution >= 4 is 5.91 Å². The van der Waals surface area contributed by atoms with Gasteiger partial charge in [-0.05, 0) is 11.5 Å². The van der Waals surface area contributed by atoms with Crippen LogP contribution in [0.3, 0.4) is 0 Å². The number of hydrogen-bond donors (Lipinski definition) is 2. The molecule has 1 aromatic rings. The molecule has 0 aliphatic carbocycles. The molecule has 0 saturated carbocycles. The highest BCUT2D eigenvalue weighted by Gasteiger charge is 2.36. The first-order valence-electron chi connectivity index (χ1n) is 6.12. The van der Waals surface area contributed by atoms with E-state index in [0.717, 1.165) is 19.6 Å². The third kappa shape index (κ3) is 2.33. The molecular formula is C13H17N3O. The Labute approximate surface area is 101 Å². The van der Waals surface area contributed by atoms with Crippen molar-refractivity contribution < 1.29 is 4.79 Å². The van der Waals surface area contributed by atoms with Crippen LogP contribution in [0.4, 0.5) is 0 Å². The number of nitrogens with one attached hydrogen (secondary N) is 2. The number of hydrazine groups is 1. The summed E-state index contributed by atoms with van der Waals surface area (Å²) < 4.78 is 0. The fourth-order valence-electron chi connectivity index (χ4n) is 2.76. The Balaban J connectivity index is 1.62. The number of hydrogen-bond acceptors (Lipinski definition) is 3. The van der Waals surface area contributed by atoms with Gasteiger partial charge in [0.05, 0.1) is 0 Å². The molecule has 2 fully saturated rings. The van der Waals surface area contributed by atoms with Crippen LogP contribution in [0.5, 0.6) is 0 Å². The van der Waals surface area contributed by atoms with Crippen molar-refractivity contribution in [3.8, 4) is 0 Å². The lowest BCUT2D eigenvalue weighted by molar-refractivity contribution is -0.125. The van der Waals surface area contributed by atoms with Crippen LogP contribution < -0.4 is 10.9 Å². The Kier molecular flexibility index (Phi) is 2.82. The Morgan fingerprint density at radius 2 is 2.06 bits per heavy atom. The summed E-state index contributed by atoms with van der Waals surface area (Å²) in [5.74, 6) is 0.584. The molecular weight excluding hydrogens is 214 g/mol. The molecule has 90 valence electrons. The van der Waals surface area contributed by atoms with Gasteiger partial charge in [-0.25, -0.2) is 5.43 Å². The molecule has 1 amide bonds. The molecule has 0 bridgehead atoms. The smallest absolute Gasteiger partial charge is 0.234 e. The van der Waals surface area contributed by atoms with Gasteiger partial charge >= 0.3 is 0 Å². The minimum absolute atomic E-state index is 0.118. The van der Waals surface area contributed by atoms with E-state index in [4.69, 9.17) is 0 Å². The molecule has 2 aliphatic rings. The zero-order valence-electron chi connectivity index (χ0n) is 9.73. The third-order valence-electron chi connectivity index (χ3n) is 3.61. The second-order valence-electron chi connectivity index (χ2n) is 4.94. The van der Waals surface area contributed by atoms with Gasteiger partial charge in [-0.2, -0.15) is 0 Å². The first-order chi connectivity index (χ1) is 8.31. The van der Waals surface area contributed by atoms with Gasteiger partial charge in [0.25, 0.3) is 0 Å². The molecule has 2 atom stereocenters. The van der Waals surface area contributed by atoms with Crippen molar-refractivity contribution in [2.45, 2.75) is 19.0 Å². The minimum Gasteiger partial charge on any atom is -0.297 e. The lowest BCUT2D eigenvalue weighted by Gasteiger charge is -2.25. The molecule has 0 radical (unpaired) electrons. The number of carbonyl (C=O) groups excluding carboxylic acids is 1. The molecule has 2 unspecified atom stereocenters. The molecule has 3 rings (SSSR count). The van der Waals surface area contributed by atoms with Gasteiger partial charge in [0.2, 0.25) is 5.91 Å². The number of likely N-dealkylation sites (tertiary alicyclic amines) is 1. The Morgan fingerprint density at radius 3 is 2.88 bits per heavy atom. The van der Waals surface area contributed by atoms with Gasteiger partial charge in [0.15, 0.2) is 0 Å². The van der Waals surface area contributed by atoms with Gasteiger partial charge in [0.1, 0.15) is 0 Å². The van der Waals surface area contributed by atoms with Crippen molar-refractivity contribution in [3.63, 3.8) is 0 Å². The van der Waals surface area contributed by atoms with Crippen LogP contribution in [0.15, 0.2) is 30.3 Å². The highest BCUT2D eigenvalue weighted by molar-refractivity contribution is 5.76. The number of rotatable bonds is 2. The van der Waals surface area contributed by atoms with E-state index >= 15 is 0 Å². The fraction of sp³-hybridized carbons (Fsp3) is 0.462. The normalized spacial score (nSPS) is 28.8. The van der Waals surface area contributed by atoms with E-state index in [1.165, 1.54) is 5.56 Å².